The number of aliphatic hydroxyl groups is 1. The number of β-amino-alcohol motifs (C(OH)–C–C–N with tert-alkyl or cyclic N) is 1. The maximum Gasteiger partial charge on any atom is 0.223 e. The Morgan fingerprint density at radius 2 is 1.46 bits per heavy atom. The SMILES string of the molecule is COc1ccc(C(OCc2ccccc2)(c2ccc(OC)cc2)C2CC(O)CN2C(=O)CCCCCN(C)C)cc1. The minimum absolute atomic E-state index is 0.0473. The molecular weight excluding hydrogens is 516 g/mol. The molecule has 7 heteroatoms. The fourth-order valence-electron chi connectivity index (χ4n) is 5.76. The zero-order chi connectivity index (χ0) is 29.2. The Morgan fingerprint density at radius 1 is 0.878 bits per heavy atom. The second-order valence-corrected chi connectivity index (χ2v) is 11.0. The summed E-state index contributed by atoms with van der Waals surface area (Å²) in [6, 6.07) is 25.3. The Labute approximate surface area is 244 Å². The number of carbonyl (C=O) groups is 1. The van der Waals surface area contributed by atoms with E-state index in [-0.39, 0.29) is 12.5 Å². The average molecular weight is 561 g/mol. The molecule has 4 rings (SSSR count). The van der Waals surface area contributed by atoms with Crippen LogP contribution >= 0.6 is 0 Å². The van der Waals surface area contributed by atoms with Gasteiger partial charge in [-0.15, -0.1) is 0 Å². The summed E-state index contributed by atoms with van der Waals surface area (Å²) in [6.07, 6.45) is 3.05. The van der Waals surface area contributed by atoms with Crippen molar-refractivity contribution in [3.8, 4) is 11.5 Å². The highest BCUT2D eigenvalue weighted by molar-refractivity contribution is 5.77. The summed E-state index contributed by atoms with van der Waals surface area (Å²) >= 11 is 0. The number of aliphatic hydroxyl groups excluding tert-OH is 1. The lowest BCUT2D eigenvalue weighted by Crippen LogP contribution is -2.52. The largest absolute Gasteiger partial charge is 0.497 e. The topological polar surface area (TPSA) is 71.5 Å². The molecule has 1 N–H and O–H groups in total. The van der Waals surface area contributed by atoms with Gasteiger partial charge < -0.3 is 29.1 Å². The molecule has 2 atom stereocenters. The first kappa shape index (κ1) is 30.6. The van der Waals surface area contributed by atoms with E-state index in [1.165, 1.54) is 0 Å². The van der Waals surface area contributed by atoms with Crippen LogP contribution < -0.4 is 9.47 Å². The van der Waals surface area contributed by atoms with Crippen LogP contribution in [0, 0.1) is 0 Å². The van der Waals surface area contributed by atoms with Crippen LogP contribution in [0.15, 0.2) is 78.9 Å². The van der Waals surface area contributed by atoms with E-state index in [4.69, 9.17) is 14.2 Å². The molecule has 1 fully saturated rings. The third-order valence-electron chi connectivity index (χ3n) is 7.91. The zero-order valence-electron chi connectivity index (χ0n) is 24.8. The van der Waals surface area contributed by atoms with Crippen molar-refractivity contribution < 1.29 is 24.1 Å². The van der Waals surface area contributed by atoms with Crippen LogP contribution in [0.4, 0.5) is 0 Å². The van der Waals surface area contributed by atoms with Crippen molar-refractivity contribution in [2.75, 3.05) is 41.4 Å². The minimum Gasteiger partial charge on any atom is -0.497 e. The number of hydrogen-bond acceptors (Lipinski definition) is 6. The lowest BCUT2D eigenvalue weighted by Gasteiger charge is -2.44. The van der Waals surface area contributed by atoms with Crippen LogP contribution in [0.25, 0.3) is 0 Å². The van der Waals surface area contributed by atoms with Gasteiger partial charge in [-0.2, -0.15) is 0 Å². The van der Waals surface area contributed by atoms with E-state index in [0.717, 1.165) is 54.0 Å². The molecule has 0 aromatic heterocycles. The second kappa shape index (κ2) is 14.5. The maximum absolute atomic E-state index is 13.8. The third kappa shape index (κ3) is 7.47. The van der Waals surface area contributed by atoms with E-state index >= 15 is 0 Å². The highest BCUT2D eigenvalue weighted by Gasteiger charge is 2.51. The molecule has 0 saturated carbocycles. The van der Waals surface area contributed by atoms with Gasteiger partial charge in [-0.25, -0.2) is 0 Å². The maximum atomic E-state index is 13.8. The summed E-state index contributed by atoms with van der Waals surface area (Å²) in [4.78, 5) is 17.8. The fourth-order valence-corrected chi connectivity index (χ4v) is 5.76. The average Bonchev–Trinajstić information content (AvgIpc) is 3.40. The van der Waals surface area contributed by atoms with Crippen molar-refractivity contribution in [2.45, 2.75) is 56.5 Å². The first-order valence-corrected chi connectivity index (χ1v) is 14.5. The van der Waals surface area contributed by atoms with E-state index in [1.54, 1.807) is 14.2 Å². The van der Waals surface area contributed by atoms with E-state index in [1.807, 2.05) is 83.8 Å². The predicted molar refractivity (Wildman–Crippen MR) is 161 cm³/mol. The number of rotatable bonds is 14. The number of likely N-dealkylation sites (tertiary alicyclic amines) is 1. The number of ether oxygens (including phenoxy) is 3. The van der Waals surface area contributed by atoms with Crippen LogP contribution in [0.2, 0.25) is 0 Å². The first-order valence-electron chi connectivity index (χ1n) is 14.5. The number of amides is 1. The molecule has 3 aromatic carbocycles. The van der Waals surface area contributed by atoms with Gasteiger partial charge in [-0.05, 0) is 80.9 Å². The fraction of sp³-hybridized carbons (Fsp3) is 0.441. The second-order valence-electron chi connectivity index (χ2n) is 11.0. The van der Waals surface area contributed by atoms with Gasteiger partial charge in [-0.1, -0.05) is 61.0 Å². The monoisotopic (exact) mass is 560 g/mol. The summed E-state index contributed by atoms with van der Waals surface area (Å²) < 4.78 is 18.0. The summed E-state index contributed by atoms with van der Waals surface area (Å²) in [5, 5.41) is 11.0. The number of hydrogen-bond donors (Lipinski definition) is 1. The Morgan fingerprint density at radius 3 is 2.00 bits per heavy atom. The molecule has 220 valence electrons. The smallest absolute Gasteiger partial charge is 0.223 e. The van der Waals surface area contributed by atoms with Crippen molar-refractivity contribution in [2.24, 2.45) is 0 Å². The molecule has 7 nitrogen and oxygen atoms in total. The van der Waals surface area contributed by atoms with Gasteiger partial charge in [0, 0.05) is 13.0 Å². The van der Waals surface area contributed by atoms with Crippen molar-refractivity contribution in [3.63, 3.8) is 0 Å². The molecule has 1 aliphatic rings. The van der Waals surface area contributed by atoms with Crippen LogP contribution in [0.1, 0.15) is 48.8 Å². The molecular formula is C34H44N2O5. The zero-order valence-corrected chi connectivity index (χ0v) is 24.8. The van der Waals surface area contributed by atoms with Crippen LogP contribution in [-0.2, 0) is 21.7 Å². The van der Waals surface area contributed by atoms with Gasteiger partial charge in [0.05, 0.1) is 33.0 Å². The van der Waals surface area contributed by atoms with E-state index in [9.17, 15) is 9.90 Å². The number of nitrogens with zero attached hydrogens (tertiary/aromatic N) is 2. The Bertz CT molecular complexity index is 1170. The van der Waals surface area contributed by atoms with Crippen LogP contribution in [0.3, 0.4) is 0 Å². The summed E-state index contributed by atoms with van der Waals surface area (Å²) in [6.45, 7) is 1.62. The number of unbranched alkanes of at least 4 members (excludes halogenated alkanes) is 2. The predicted octanol–water partition coefficient (Wildman–Crippen LogP) is 5.25. The molecule has 1 amide bonds. The van der Waals surface area contributed by atoms with Gasteiger partial charge in [0.1, 0.15) is 17.1 Å². The van der Waals surface area contributed by atoms with Crippen LogP contribution in [0.5, 0.6) is 11.5 Å². The minimum atomic E-state index is -1.05. The Balaban J connectivity index is 1.76. The number of methoxy groups -OCH3 is 2. The van der Waals surface area contributed by atoms with E-state index < -0.39 is 17.7 Å². The molecule has 1 saturated heterocycles. The van der Waals surface area contributed by atoms with Crippen molar-refractivity contribution in [1.29, 1.82) is 0 Å². The molecule has 0 aliphatic carbocycles. The van der Waals surface area contributed by atoms with Gasteiger partial charge in [-0.3, -0.25) is 4.79 Å². The normalized spacial score (nSPS) is 17.2. The summed E-state index contributed by atoms with van der Waals surface area (Å²) in [5.74, 6) is 1.52. The molecule has 1 aliphatic heterocycles. The van der Waals surface area contributed by atoms with Gasteiger partial charge in [0.2, 0.25) is 5.91 Å². The molecule has 0 spiro atoms. The lowest BCUT2D eigenvalue weighted by molar-refractivity contribution is -0.141. The standard InChI is InChI=1S/C34H44N2O5/c1-35(2)22-10-6-9-13-33(38)36-24-29(37)23-32(36)34(27-14-18-30(39-3)19-15-27,28-16-20-31(40-4)21-17-28)41-25-26-11-7-5-8-12-26/h5,7-8,11-12,14-21,29,32,37H,6,9-10,13,22-25H2,1-4H3. The number of benzene rings is 3. The van der Waals surface area contributed by atoms with Crippen molar-refractivity contribution in [3.05, 3.63) is 95.6 Å². The van der Waals surface area contributed by atoms with Crippen molar-refractivity contribution in [1.82, 2.24) is 9.80 Å². The van der Waals surface area contributed by atoms with Gasteiger partial charge >= 0.3 is 0 Å². The highest BCUT2D eigenvalue weighted by atomic mass is 16.5. The lowest BCUT2D eigenvalue weighted by atomic mass is 9.78. The third-order valence-corrected chi connectivity index (χ3v) is 7.91. The molecule has 0 radical (unpaired) electrons. The Kier molecular flexibility index (Phi) is 10.8. The van der Waals surface area contributed by atoms with E-state index in [2.05, 4.69) is 19.0 Å². The summed E-state index contributed by atoms with van der Waals surface area (Å²) in [5.41, 5.74) is 1.76. The molecule has 41 heavy (non-hydrogen) atoms. The van der Waals surface area contributed by atoms with E-state index in [0.29, 0.717) is 19.4 Å². The first-order chi connectivity index (χ1) is 19.9. The van der Waals surface area contributed by atoms with Gasteiger partial charge in [0.25, 0.3) is 0 Å². The molecule has 0 bridgehead atoms. The summed E-state index contributed by atoms with van der Waals surface area (Å²) in [7, 11) is 7.41. The van der Waals surface area contributed by atoms with Crippen LogP contribution in [-0.4, -0.2) is 74.4 Å². The van der Waals surface area contributed by atoms with Gasteiger partial charge in [0.15, 0.2) is 0 Å². The highest BCUT2D eigenvalue weighted by Crippen LogP contribution is 2.45. The Hall–Kier alpha value is -3.39. The quantitative estimate of drug-likeness (QED) is 0.272. The molecule has 2 unspecified atom stereocenters. The molecule has 1 heterocycles. The number of carbonyl (C=O) groups excluding carboxylic acids is 1. The van der Waals surface area contributed by atoms with Crippen molar-refractivity contribution >= 4 is 5.91 Å². The molecule has 3 aromatic rings.